The number of carboxylic acid groups (broad SMARTS) is 1. The van der Waals surface area contributed by atoms with Crippen LogP contribution in [-0.2, 0) is 0 Å². The molecule has 2 unspecified atom stereocenters. The highest BCUT2D eigenvalue weighted by Gasteiger charge is 2.36. The van der Waals surface area contributed by atoms with Gasteiger partial charge < -0.3 is 10.1 Å². The molecule has 2 atom stereocenters. The maximum absolute atomic E-state index is 11.1. The summed E-state index contributed by atoms with van der Waals surface area (Å²) >= 11 is 4.32. The molecule has 1 aromatic heterocycles. The highest BCUT2D eigenvalue weighted by Crippen LogP contribution is 2.34. The van der Waals surface area contributed by atoms with Crippen molar-refractivity contribution in [2.45, 2.75) is 19.4 Å². The third kappa shape index (κ3) is 2.29. The van der Waals surface area contributed by atoms with Crippen molar-refractivity contribution in [2.75, 3.05) is 6.54 Å². The Kier molecular flexibility index (Phi) is 3.62. The fourth-order valence-corrected chi connectivity index (χ4v) is 2.81. The van der Waals surface area contributed by atoms with E-state index in [1.165, 1.54) is 4.90 Å². The molecule has 1 fully saturated rings. The number of hydrogen-bond donors (Lipinski definition) is 2. The highest BCUT2D eigenvalue weighted by atomic mass is 127. The predicted octanol–water partition coefficient (Wildman–Crippen LogP) is 2.68. The zero-order valence-electron chi connectivity index (χ0n) is 8.57. The summed E-state index contributed by atoms with van der Waals surface area (Å²) in [6.45, 7) is 2.66. The number of aromatic amines is 1. The molecule has 2 N–H and O–H groups in total. The average Bonchev–Trinajstić information content (AvgIpc) is 2.71. The van der Waals surface area contributed by atoms with Crippen molar-refractivity contribution >= 4 is 51.3 Å². The zero-order valence-corrected chi connectivity index (χ0v) is 12.9. The summed E-state index contributed by atoms with van der Waals surface area (Å²) in [5.74, 6) is 1.15. The van der Waals surface area contributed by atoms with E-state index in [-0.39, 0.29) is 6.04 Å². The molecule has 1 saturated heterocycles. The van der Waals surface area contributed by atoms with E-state index in [1.807, 2.05) is 0 Å². The van der Waals surface area contributed by atoms with Crippen LogP contribution in [-0.4, -0.2) is 32.6 Å². The van der Waals surface area contributed by atoms with E-state index < -0.39 is 6.09 Å². The van der Waals surface area contributed by atoms with Gasteiger partial charge in [0.25, 0.3) is 0 Å². The van der Waals surface area contributed by atoms with Crippen LogP contribution in [0.2, 0.25) is 0 Å². The third-order valence-electron chi connectivity index (χ3n) is 2.71. The molecule has 0 radical (unpaired) electrons. The molecule has 1 aliphatic heterocycles. The molecule has 0 spiro atoms. The SMILES string of the molecule is CC1CC(c2nc(I)c(I)[nH]2)N(C(=O)O)C1. The van der Waals surface area contributed by atoms with Gasteiger partial charge in [0.2, 0.25) is 0 Å². The third-order valence-corrected chi connectivity index (χ3v) is 5.30. The molecule has 0 aliphatic carbocycles. The molecule has 0 aromatic carbocycles. The fraction of sp³-hybridized carbons (Fsp3) is 0.556. The monoisotopic (exact) mass is 447 g/mol. The quantitative estimate of drug-likeness (QED) is 0.651. The van der Waals surface area contributed by atoms with Crippen LogP contribution in [0.1, 0.15) is 25.2 Å². The first kappa shape index (κ1) is 12.4. The van der Waals surface area contributed by atoms with E-state index in [0.717, 1.165) is 19.6 Å². The number of hydrogen-bond acceptors (Lipinski definition) is 2. The molecular formula is C9H11I2N3O2. The van der Waals surface area contributed by atoms with Gasteiger partial charge in [-0.15, -0.1) is 0 Å². The number of likely N-dealkylation sites (tertiary alicyclic amines) is 1. The van der Waals surface area contributed by atoms with E-state index in [0.29, 0.717) is 12.5 Å². The predicted molar refractivity (Wildman–Crippen MR) is 75.3 cm³/mol. The van der Waals surface area contributed by atoms with Gasteiger partial charge in [0.1, 0.15) is 13.2 Å². The molecule has 0 bridgehead atoms. The topological polar surface area (TPSA) is 69.2 Å². The first-order valence-electron chi connectivity index (χ1n) is 4.89. The van der Waals surface area contributed by atoms with Crippen molar-refractivity contribution in [3.8, 4) is 0 Å². The lowest BCUT2D eigenvalue weighted by Gasteiger charge is -2.19. The number of nitrogens with one attached hydrogen (secondary N) is 1. The summed E-state index contributed by atoms with van der Waals surface area (Å²) in [5, 5.41) is 9.12. The molecular weight excluding hydrogens is 436 g/mol. The lowest BCUT2D eigenvalue weighted by molar-refractivity contribution is 0.138. The maximum atomic E-state index is 11.1. The van der Waals surface area contributed by atoms with Gasteiger partial charge in [0.05, 0.1) is 6.04 Å². The van der Waals surface area contributed by atoms with Crippen LogP contribution in [0.5, 0.6) is 0 Å². The number of carbonyl (C=O) groups is 1. The van der Waals surface area contributed by atoms with E-state index >= 15 is 0 Å². The van der Waals surface area contributed by atoms with Crippen LogP contribution in [0.3, 0.4) is 0 Å². The van der Waals surface area contributed by atoms with Gasteiger partial charge in [0.15, 0.2) is 0 Å². The largest absolute Gasteiger partial charge is 0.465 e. The van der Waals surface area contributed by atoms with Crippen molar-refractivity contribution in [2.24, 2.45) is 5.92 Å². The van der Waals surface area contributed by atoms with Crippen molar-refractivity contribution in [3.05, 3.63) is 13.2 Å². The maximum Gasteiger partial charge on any atom is 0.407 e. The summed E-state index contributed by atoms with van der Waals surface area (Å²) < 4.78 is 1.87. The molecule has 0 saturated carbocycles. The summed E-state index contributed by atoms with van der Waals surface area (Å²) in [6, 6.07) is -0.121. The fourth-order valence-electron chi connectivity index (χ4n) is 2.02. The number of H-pyrrole nitrogens is 1. The minimum atomic E-state index is -0.865. The Hall–Kier alpha value is -0.0600. The van der Waals surface area contributed by atoms with Gasteiger partial charge in [-0.1, -0.05) is 6.92 Å². The van der Waals surface area contributed by atoms with Crippen LogP contribution < -0.4 is 0 Å². The van der Waals surface area contributed by atoms with Gasteiger partial charge in [-0.2, -0.15) is 0 Å². The van der Waals surface area contributed by atoms with Gasteiger partial charge in [0, 0.05) is 6.54 Å². The lowest BCUT2D eigenvalue weighted by atomic mass is 10.1. The molecule has 1 aromatic rings. The van der Waals surface area contributed by atoms with Crippen LogP contribution in [0.4, 0.5) is 4.79 Å². The van der Waals surface area contributed by atoms with Gasteiger partial charge in [-0.05, 0) is 57.5 Å². The number of rotatable bonds is 1. The summed E-state index contributed by atoms with van der Waals surface area (Å²) in [4.78, 5) is 20.1. The second kappa shape index (κ2) is 4.67. The molecule has 1 amide bonds. The Morgan fingerprint density at radius 2 is 2.31 bits per heavy atom. The van der Waals surface area contributed by atoms with Gasteiger partial charge in [-0.25, -0.2) is 9.78 Å². The first-order chi connectivity index (χ1) is 7.49. The van der Waals surface area contributed by atoms with Crippen molar-refractivity contribution in [3.63, 3.8) is 0 Å². The lowest BCUT2D eigenvalue weighted by Crippen LogP contribution is -2.29. The summed E-state index contributed by atoms with van der Waals surface area (Å²) in [5.41, 5.74) is 0. The number of halogens is 2. The minimum Gasteiger partial charge on any atom is -0.465 e. The smallest absolute Gasteiger partial charge is 0.407 e. The minimum absolute atomic E-state index is 0.121. The van der Waals surface area contributed by atoms with Crippen LogP contribution in [0.15, 0.2) is 0 Å². The first-order valence-corrected chi connectivity index (χ1v) is 7.05. The number of aromatic nitrogens is 2. The zero-order chi connectivity index (χ0) is 11.9. The molecule has 2 heterocycles. The van der Waals surface area contributed by atoms with Gasteiger partial charge in [-0.3, -0.25) is 4.90 Å². The second-order valence-electron chi connectivity index (χ2n) is 4.02. The number of amides is 1. The summed E-state index contributed by atoms with van der Waals surface area (Å²) in [6.07, 6.45) is -0.0258. The van der Waals surface area contributed by atoms with Crippen molar-refractivity contribution < 1.29 is 9.90 Å². The van der Waals surface area contributed by atoms with E-state index in [1.54, 1.807) is 0 Å². The average molecular weight is 447 g/mol. The highest BCUT2D eigenvalue weighted by molar-refractivity contribution is 14.1. The second-order valence-corrected chi connectivity index (χ2v) is 6.12. The Morgan fingerprint density at radius 1 is 1.62 bits per heavy atom. The van der Waals surface area contributed by atoms with Crippen molar-refractivity contribution in [1.82, 2.24) is 14.9 Å². The number of imidazole rings is 1. The van der Waals surface area contributed by atoms with Crippen LogP contribution in [0.25, 0.3) is 0 Å². The Bertz CT molecular complexity index is 401. The molecule has 1 aliphatic rings. The van der Waals surface area contributed by atoms with Crippen molar-refractivity contribution in [1.29, 1.82) is 0 Å². The summed E-state index contributed by atoms with van der Waals surface area (Å²) in [7, 11) is 0. The molecule has 16 heavy (non-hydrogen) atoms. The van der Waals surface area contributed by atoms with E-state index in [2.05, 4.69) is 62.1 Å². The molecule has 7 heteroatoms. The molecule has 5 nitrogen and oxygen atoms in total. The van der Waals surface area contributed by atoms with E-state index in [9.17, 15) is 4.79 Å². The van der Waals surface area contributed by atoms with E-state index in [4.69, 9.17) is 5.11 Å². The standard InChI is InChI=1S/C9H11I2N3O2/c1-4-2-5(14(3-4)9(15)16)8-12-6(10)7(11)13-8/h4-5H,2-3H2,1H3,(H,12,13)(H,15,16). The molecule has 88 valence electrons. The molecule has 2 rings (SSSR count). The normalized spacial score (nSPS) is 25.1. The Labute approximate surface area is 120 Å². The number of nitrogens with zero attached hydrogens (tertiary/aromatic N) is 2. The Morgan fingerprint density at radius 3 is 2.81 bits per heavy atom. The van der Waals surface area contributed by atoms with Crippen LogP contribution in [0, 0.1) is 13.3 Å². The van der Waals surface area contributed by atoms with Gasteiger partial charge >= 0.3 is 6.09 Å². The Balaban J connectivity index is 2.28. The van der Waals surface area contributed by atoms with Crippen LogP contribution >= 0.6 is 45.2 Å².